The van der Waals surface area contributed by atoms with Gasteiger partial charge in [-0.05, 0) is 0 Å². The van der Waals surface area contributed by atoms with E-state index >= 15 is 0 Å². The molecule has 8 N–H and O–H groups in total. The molecule has 0 aromatic heterocycles. The minimum Gasteiger partial charge on any atom is -0.394 e. The monoisotopic (exact) mass is 383 g/mol. The van der Waals surface area contributed by atoms with E-state index in [1.54, 1.807) is 0 Å². The average Bonchev–Trinajstić information content (AvgIpc) is 2.59. The molecule has 0 spiro atoms. The smallest absolute Gasteiger partial charge is 0.217 e. The van der Waals surface area contributed by atoms with Crippen LogP contribution < -0.4 is 5.32 Å². The Kier molecular flexibility index (Phi) is 7.27. The van der Waals surface area contributed by atoms with Gasteiger partial charge in [0.1, 0.15) is 48.8 Å². The van der Waals surface area contributed by atoms with Gasteiger partial charge in [-0.2, -0.15) is 0 Å². The van der Waals surface area contributed by atoms with E-state index in [0.29, 0.717) is 0 Å². The van der Waals surface area contributed by atoms with Crippen LogP contribution in [0.25, 0.3) is 0 Å². The fraction of sp³-hybridized carbons (Fsp3) is 0.929. The molecule has 2 fully saturated rings. The van der Waals surface area contributed by atoms with Crippen molar-refractivity contribution in [3.05, 3.63) is 0 Å². The molecule has 0 radical (unpaired) electrons. The summed E-state index contributed by atoms with van der Waals surface area (Å²) in [6, 6.07) is -1.24. The van der Waals surface area contributed by atoms with E-state index in [1.807, 2.05) is 0 Å². The Morgan fingerprint density at radius 1 is 0.923 bits per heavy atom. The molecule has 1 amide bonds. The molecule has 2 heterocycles. The normalized spacial score (nSPS) is 46.8. The number of nitrogens with one attached hydrogen (secondary N) is 1. The van der Waals surface area contributed by atoms with Crippen molar-refractivity contribution in [3.63, 3.8) is 0 Å². The zero-order valence-electron chi connectivity index (χ0n) is 14.0. The van der Waals surface area contributed by atoms with Crippen LogP contribution in [0.2, 0.25) is 0 Å². The van der Waals surface area contributed by atoms with Crippen molar-refractivity contribution >= 4 is 5.91 Å². The molecule has 0 aromatic carbocycles. The molecule has 0 bridgehead atoms. The van der Waals surface area contributed by atoms with Crippen molar-refractivity contribution in [2.45, 2.75) is 68.3 Å². The van der Waals surface area contributed by atoms with Crippen LogP contribution in [-0.4, -0.2) is 116 Å². The quantitative estimate of drug-likeness (QED) is 0.226. The van der Waals surface area contributed by atoms with Gasteiger partial charge in [0.2, 0.25) is 5.91 Å². The number of amides is 1. The number of carbonyl (C=O) groups excluding carboxylic acids is 1. The minimum atomic E-state index is -1.64. The van der Waals surface area contributed by atoms with E-state index in [-0.39, 0.29) is 0 Å². The van der Waals surface area contributed by atoms with Crippen molar-refractivity contribution in [1.29, 1.82) is 0 Å². The third-order valence-electron chi connectivity index (χ3n) is 4.36. The molecular weight excluding hydrogens is 358 g/mol. The summed E-state index contributed by atoms with van der Waals surface area (Å²) in [5.41, 5.74) is 0. The van der Waals surface area contributed by atoms with E-state index in [2.05, 4.69) is 5.32 Å². The number of hydrogen-bond donors (Lipinski definition) is 8. The molecule has 2 rings (SSSR count). The molecule has 2 aliphatic heterocycles. The zero-order valence-corrected chi connectivity index (χ0v) is 14.0. The highest BCUT2D eigenvalue weighted by molar-refractivity contribution is 5.73. The van der Waals surface area contributed by atoms with Gasteiger partial charge in [-0.15, -0.1) is 0 Å². The van der Waals surface area contributed by atoms with Gasteiger partial charge in [0, 0.05) is 6.92 Å². The highest BCUT2D eigenvalue weighted by Crippen LogP contribution is 2.24. The summed E-state index contributed by atoms with van der Waals surface area (Å²) in [5, 5.41) is 70.6. The van der Waals surface area contributed by atoms with Gasteiger partial charge in [-0.25, -0.2) is 0 Å². The lowest BCUT2D eigenvalue weighted by atomic mass is 9.97. The van der Waals surface area contributed by atoms with E-state index in [9.17, 15) is 35.4 Å². The number of carbonyl (C=O) groups is 1. The van der Waals surface area contributed by atoms with Crippen LogP contribution in [0.5, 0.6) is 0 Å². The van der Waals surface area contributed by atoms with Crippen LogP contribution in [0.3, 0.4) is 0 Å². The third kappa shape index (κ3) is 4.48. The summed E-state index contributed by atoms with van der Waals surface area (Å²) < 4.78 is 15.5. The Morgan fingerprint density at radius 3 is 2.12 bits per heavy atom. The summed E-state index contributed by atoms with van der Waals surface area (Å²) in [5.74, 6) is -0.542. The maximum Gasteiger partial charge on any atom is 0.217 e. The first-order chi connectivity index (χ1) is 12.2. The SMILES string of the molecule is CC(=O)N[C@H]1[C@@H](O)[C@H](O)C(CO[C@@H]2OC(CO)[C@@H](O)[C@H](O)[C@@H]2O)O[C@H]1O. The Bertz CT molecular complexity index is 478. The van der Waals surface area contributed by atoms with Crippen LogP contribution >= 0.6 is 0 Å². The molecule has 12 heteroatoms. The van der Waals surface area contributed by atoms with Crippen molar-refractivity contribution in [2.24, 2.45) is 0 Å². The molecule has 0 aromatic rings. The largest absolute Gasteiger partial charge is 0.394 e. The molecule has 12 nitrogen and oxygen atoms in total. The molecule has 2 saturated heterocycles. The second kappa shape index (κ2) is 8.84. The maximum atomic E-state index is 11.1. The fourth-order valence-electron chi connectivity index (χ4n) is 2.87. The molecule has 26 heavy (non-hydrogen) atoms. The Morgan fingerprint density at radius 2 is 1.54 bits per heavy atom. The topological polar surface area (TPSA) is 198 Å². The Hall–Kier alpha value is -0.930. The molecular formula is C14H25NO11. The van der Waals surface area contributed by atoms with Gasteiger partial charge in [0.05, 0.1) is 13.2 Å². The van der Waals surface area contributed by atoms with E-state index in [0.717, 1.165) is 0 Å². The van der Waals surface area contributed by atoms with Gasteiger partial charge in [0.25, 0.3) is 0 Å². The first kappa shape index (κ1) is 21.4. The summed E-state index contributed by atoms with van der Waals surface area (Å²) in [6.07, 6.45) is -13.4. The lowest BCUT2D eigenvalue weighted by Crippen LogP contribution is -2.64. The van der Waals surface area contributed by atoms with E-state index < -0.39 is 80.5 Å². The zero-order chi connectivity index (χ0) is 19.6. The first-order valence-corrected chi connectivity index (χ1v) is 8.06. The number of aliphatic hydroxyl groups is 7. The van der Waals surface area contributed by atoms with Crippen LogP contribution in [0, 0.1) is 0 Å². The minimum absolute atomic E-state index is 0.467. The summed E-state index contributed by atoms with van der Waals surface area (Å²) in [4.78, 5) is 11.1. The molecule has 152 valence electrons. The van der Waals surface area contributed by atoms with Gasteiger partial charge >= 0.3 is 0 Å². The van der Waals surface area contributed by atoms with Crippen LogP contribution in [0.1, 0.15) is 6.92 Å². The molecule has 0 saturated carbocycles. The molecule has 0 aliphatic carbocycles. The number of aliphatic hydroxyl groups excluding tert-OH is 7. The summed E-state index contributed by atoms with van der Waals surface area (Å²) >= 11 is 0. The standard InChI is InChI=1S/C14H25NO11/c1-4(17)15-7-10(20)9(19)6(25-13(7)23)3-24-14-12(22)11(21)8(18)5(2-16)26-14/h5-14,16,18-23H,2-3H2,1H3,(H,15,17)/t5?,6?,7-,8+,9+,10+,11-,12-,13+,14+/m0/s1. The van der Waals surface area contributed by atoms with Gasteiger partial charge in [-0.1, -0.05) is 0 Å². The maximum absolute atomic E-state index is 11.1. The lowest BCUT2D eigenvalue weighted by Gasteiger charge is -2.42. The number of rotatable bonds is 5. The van der Waals surface area contributed by atoms with Gasteiger partial charge < -0.3 is 55.3 Å². The van der Waals surface area contributed by atoms with E-state index in [1.165, 1.54) is 6.92 Å². The fourth-order valence-corrected chi connectivity index (χ4v) is 2.87. The highest BCUT2D eigenvalue weighted by Gasteiger charge is 2.47. The molecule has 2 aliphatic rings. The molecule has 2 unspecified atom stereocenters. The van der Waals surface area contributed by atoms with Crippen LogP contribution in [0.15, 0.2) is 0 Å². The lowest BCUT2D eigenvalue weighted by molar-refractivity contribution is -0.318. The van der Waals surface area contributed by atoms with Crippen molar-refractivity contribution < 1.29 is 54.8 Å². The predicted molar refractivity (Wildman–Crippen MR) is 80.2 cm³/mol. The van der Waals surface area contributed by atoms with Crippen LogP contribution in [-0.2, 0) is 19.0 Å². The third-order valence-corrected chi connectivity index (χ3v) is 4.36. The van der Waals surface area contributed by atoms with Crippen molar-refractivity contribution in [1.82, 2.24) is 5.32 Å². The van der Waals surface area contributed by atoms with Crippen LogP contribution in [0.4, 0.5) is 0 Å². The van der Waals surface area contributed by atoms with Gasteiger partial charge in [0.15, 0.2) is 12.6 Å². The van der Waals surface area contributed by atoms with E-state index in [4.69, 9.17) is 19.3 Å². The number of hydrogen-bond acceptors (Lipinski definition) is 11. The number of ether oxygens (including phenoxy) is 3. The van der Waals surface area contributed by atoms with Crippen molar-refractivity contribution in [3.8, 4) is 0 Å². The Labute approximate surface area is 148 Å². The summed E-state index contributed by atoms with van der Waals surface area (Å²) in [7, 11) is 0. The first-order valence-electron chi connectivity index (χ1n) is 8.06. The molecule has 10 atom stereocenters. The second-order valence-corrected chi connectivity index (χ2v) is 6.30. The summed E-state index contributed by atoms with van der Waals surface area (Å²) in [6.45, 7) is 0.0636. The highest BCUT2D eigenvalue weighted by atomic mass is 16.7. The van der Waals surface area contributed by atoms with Crippen molar-refractivity contribution in [2.75, 3.05) is 13.2 Å². The predicted octanol–water partition coefficient (Wildman–Crippen LogP) is -5.25. The second-order valence-electron chi connectivity index (χ2n) is 6.30. The Balaban J connectivity index is 1.95. The average molecular weight is 383 g/mol. The van der Waals surface area contributed by atoms with Gasteiger partial charge in [-0.3, -0.25) is 4.79 Å².